The first kappa shape index (κ1) is 22.1. The summed E-state index contributed by atoms with van der Waals surface area (Å²) in [4.78, 5) is -0.178. The van der Waals surface area contributed by atoms with Crippen LogP contribution < -0.4 is 4.74 Å². The van der Waals surface area contributed by atoms with Gasteiger partial charge in [0.2, 0.25) is 0 Å². The van der Waals surface area contributed by atoms with E-state index in [1.807, 2.05) is 25.1 Å². The van der Waals surface area contributed by atoms with Crippen molar-refractivity contribution in [2.45, 2.75) is 18.4 Å². The summed E-state index contributed by atoms with van der Waals surface area (Å²) in [5.74, 6) is 0.886. The Morgan fingerprint density at radius 1 is 1.12 bits per heavy atom. The number of rotatable bonds is 6. The van der Waals surface area contributed by atoms with Gasteiger partial charge in [0.15, 0.2) is 0 Å². The van der Waals surface area contributed by atoms with Crippen LogP contribution in [0.1, 0.15) is 11.1 Å². The van der Waals surface area contributed by atoms with Crippen LogP contribution in [0.2, 0.25) is 0 Å². The second-order valence-electron chi connectivity index (χ2n) is 6.66. The summed E-state index contributed by atoms with van der Waals surface area (Å²) in [6.45, 7) is 3.70. The number of ether oxygens (including phenoxy) is 1. The highest BCUT2D eigenvalue weighted by molar-refractivity contribution is 7.85. The van der Waals surface area contributed by atoms with E-state index in [4.69, 9.17) is 9.84 Å². The van der Waals surface area contributed by atoms with Crippen LogP contribution in [-0.2, 0) is 16.7 Å². The Hall–Kier alpha value is -1.93. The first-order chi connectivity index (χ1) is 12.1. The van der Waals surface area contributed by atoms with Crippen LogP contribution in [0.4, 0.5) is 0 Å². The number of aliphatic hydroxyl groups excluding tert-OH is 1. The molecule has 0 aliphatic rings. The molecule has 0 saturated carbocycles. The third-order valence-electron chi connectivity index (χ3n) is 3.76. The Kier molecular flexibility index (Phi) is 8.23. The predicted octanol–water partition coefficient (Wildman–Crippen LogP) is 2.16. The Bertz CT molecular complexity index is 786. The van der Waals surface area contributed by atoms with Crippen molar-refractivity contribution in [3.05, 3.63) is 59.7 Å². The van der Waals surface area contributed by atoms with Gasteiger partial charge in [-0.25, -0.2) is 8.42 Å². The lowest BCUT2D eigenvalue weighted by molar-refractivity contribution is -0.903. The lowest BCUT2D eigenvalue weighted by atomic mass is 10.2. The van der Waals surface area contributed by atoms with Gasteiger partial charge >= 0.3 is 0 Å². The maximum Gasteiger partial charge on any atom is 0.124 e. The van der Waals surface area contributed by atoms with Gasteiger partial charge in [-0.1, -0.05) is 29.8 Å². The minimum atomic E-state index is -4.27. The standard InChI is InChI=1S/C12H20NO2.C7H8O3S/c1-13(2,7-8-14)10-11-5-4-6-12(9-11)15-3;1-6-2-4-7(5-3-6)11(8,9)10/h4-6,9,14H,7-8,10H2,1-3H3;2-5H,1H3,(H,8,9,10)/q+1;/p-1. The number of aryl methyl sites for hydroxylation is 1. The van der Waals surface area contributed by atoms with Crippen LogP contribution in [0.25, 0.3) is 0 Å². The summed E-state index contributed by atoms with van der Waals surface area (Å²) in [7, 11) is 1.62. The van der Waals surface area contributed by atoms with E-state index in [0.717, 1.165) is 28.9 Å². The molecule has 0 saturated heterocycles. The lowest BCUT2D eigenvalue weighted by Gasteiger charge is -2.29. The van der Waals surface area contributed by atoms with Crippen molar-refractivity contribution in [2.75, 3.05) is 34.4 Å². The SMILES string of the molecule is COc1cccc(C[N+](C)(C)CCO)c1.Cc1ccc(S(=O)(=O)[O-])cc1. The molecule has 0 fully saturated rings. The monoisotopic (exact) mass is 381 g/mol. The largest absolute Gasteiger partial charge is 0.744 e. The summed E-state index contributed by atoms with van der Waals surface area (Å²) < 4.78 is 37.1. The highest BCUT2D eigenvalue weighted by atomic mass is 32.2. The molecule has 144 valence electrons. The number of methoxy groups -OCH3 is 1. The van der Waals surface area contributed by atoms with Crippen LogP contribution in [0.3, 0.4) is 0 Å². The molecule has 2 aromatic rings. The Labute approximate surface area is 156 Å². The molecule has 0 amide bonds. The Morgan fingerprint density at radius 3 is 2.23 bits per heavy atom. The zero-order chi connectivity index (χ0) is 19.8. The van der Waals surface area contributed by atoms with E-state index in [1.54, 1.807) is 19.2 Å². The fourth-order valence-electron chi connectivity index (χ4n) is 2.32. The van der Waals surface area contributed by atoms with Crippen LogP contribution in [0.5, 0.6) is 5.75 Å². The molecule has 0 atom stereocenters. The van der Waals surface area contributed by atoms with Crippen molar-refractivity contribution in [2.24, 2.45) is 0 Å². The molecule has 0 aliphatic carbocycles. The summed E-state index contributed by atoms with van der Waals surface area (Å²) in [5.41, 5.74) is 2.16. The van der Waals surface area contributed by atoms with Gasteiger partial charge in [-0.2, -0.15) is 0 Å². The van der Waals surface area contributed by atoms with Gasteiger partial charge in [0.05, 0.1) is 32.7 Å². The number of likely N-dealkylation sites (N-methyl/N-ethyl adjacent to an activating group) is 1. The van der Waals surface area contributed by atoms with Crippen molar-refractivity contribution in [3.8, 4) is 5.75 Å². The minimum absolute atomic E-state index is 0.178. The molecular weight excluding hydrogens is 354 g/mol. The maximum atomic E-state index is 10.4. The number of hydrogen-bond donors (Lipinski definition) is 1. The van der Waals surface area contributed by atoms with Gasteiger partial charge in [0, 0.05) is 5.56 Å². The van der Waals surface area contributed by atoms with Gasteiger partial charge < -0.3 is 18.9 Å². The average molecular weight is 381 g/mol. The molecule has 1 N–H and O–H groups in total. The third-order valence-corrected chi connectivity index (χ3v) is 4.61. The lowest BCUT2D eigenvalue weighted by Crippen LogP contribution is -2.41. The smallest absolute Gasteiger partial charge is 0.124 e. The van der Waals surface area contributed by atoms with Crippen LogP contribution in [0.15, 0.2) is 53.4 Å². The molecule has 2 rings (SSSR count). The minimum Gasteiger partial charge on any atom is -0.744 e. The van der Waals surface area contributed by atoms with Crippen molar-refractivity contribution < 1.29 is 27.3 Å². The third kappa shape index (κ3) is 7.97. The summed E-state index contributed by atoms with van der Waals surface area (Å²) in [6.07, 6.45) is 0. The summed E-state index contributed by atoms with van der Waals surface area (Å²) in [5, 5.41) is 8.94. The second-order valence-corrected chi connectivity index (χ2v) is 8.04. The molecule has 26 heavy (non-hydrogen) atoms. The second kappa shape index (κ2) is 9.68. The van der Waals surface area contributed by atoms with Crippen molar-refractivity contribution in [3.63, 3.8) is 0 Å². The molecule has 2 aromatic carbocycles. The molecule has 0 heterocycles. The number of aliphatic hydroxyl groups is 1. The fraction of sp³-hybridized carbons (Fsp3) is 0.368. The number of quaternary nitrogens is 1. The van der Waals surface area contributed by atoms with Crippen LogP contribution >= 0.6 is 0 Å². The first-order valence-electron chi connectivity index (χ1n) is 8.16. The van der Waals surface area contributed by atoms with E-state index >= 15 is 0 Å². The molecule has 6 nitrogen and oxygen atoms in total. The predicted molar refractivity (Wildman–Crippen MR) is 99.9 cm³/mol. The highest BCUT2D eigenvalue weighted by Crippen LogP contribution is 2.16. The van der Waals surface area contributed by atoms with Gasteiger partial charge in [-0.15, -0.1) is 0 Å². The molecule has 0 unspecified atom stereocenters. The molecule has 0 spiro atoms. The van der Waals surface area contributed by atoms with Crippen molar-refractivity contribution in [1.29, 1.82) is 0 Å². The van der Waals surface area contributed by atoms with Gasteiger partial charge in [-0.3, -0.25) is 0 Å². The molecule has 0 bridgehead atoms. The molecule has 7 heteroatoms. The summed E-state index contributed by atoms with van der Waals surface area (Å²) >= 11 is 0. The van der Waals surface area contributed by atoms with Gasteiger partial charge in [0.1, 0.15) is 29.0 Å². The number of benzene rings is 2. The topological polar surface area (TPSA) is 86.7 Å². The maximum absolute atomic E-state index is 10.4. The molecule has 0 aromatic heterocycles. The Balaban J connectivity index is 0.000000273. The Morgan fingerprint density at radius 2 is 1.73 bits per heavy atom. The molecular formula is C19H27NO5S. The van der Waals surface area contributed by atoms with E-state index in [-0.39, 0.29) is 11.5 Å². The number of nitrogens with zero attached hydrogens (tertiary/aromatic N) is 1. The summed E-state index contributed by atoms with van der Waals surface area (Å²) in [6, 6.07) is 13.8. The van der Waals surface area contributed by atoms with Gasteiger partial charge in [-0.05, 0) is 31.2 Å². The van der Waals surface area contributed by atoms with Gasteiger partial charge in [0.25, 0.3) is 0 Å². The quantitative estimate of drug-likeness (QED) is 0.612. The van der Waals surface area contributed by atoms with E-state index in [9.17, 15) is 13.0 Å². The van der Waals surface area contributed by atoms with Crippen molar-refractivity contribution >= 4 is 10.1 Å². The molecule has 0 radical (unpaired) electrons. The first-order valence-corrected chi connectivity index (χ1v) is 9.56. The average Bonchev–Trinajstić information content (AvgIpc) is 2.54. The van der Waals surface area contributed by atoms with E-state index in [1.165, 1.54) is 17.7 Å². The zero-order valence-corrected chi connectivity index (χ0v) is 16.5. The van der Waals surface area contributed by atoms with E-state index < -0.39 is 10.1 Å². The molecule has 0 aliphatic heterocycles. The highest BCUT2D eigenvalue weighted by Gasteiger charge is 2.14. The van der Waals surface area contributed by atoms with E-state index in [0.29, 0.717) is 0 Å². The van der Waals surface area contributed by atoms with E-state index in [2.05, 4.69) is 20.2 Å². The zero-order valence-electron chi connectivity index (χ0n) is 15.7. The fourth-order valence-corrected chi connectivity index (χ4v) is 2.79. The normalized spacial score (nSPS) is 11.5. The van der Waals surface area contributed by atoms with Crippen molar-refractivity contribution in [1.82, 2.24) is 0 Å². The number of hydrogen-bond acceptors (Lipinski definition) is 5. The van der Waals surface area contributed by atoms with Crippen LogP contribution in [-0.4, -0.2) is 56.9 Å². The van der Waals surface area contributed by atoms with Crippen LogP contribution in [0, 0.1) is 6.92 Å².